The van der Waals surface area contributed by atoms with Crippen molar-refractivity contribution in [1.82, 2.24) is 0 Å². The second kappa shape index (κ2) is 9.55. The largest absolute Gasteiger partial charge is 0.426 e. The lowest BCUT2D eigenvalue weighted by Gasteiger charge is -2.20. The van der Waals surface area contributed by atoms with E-state index in [0.29, 0.717) is 5.56 Å². The highest BCUT2D eigenvalue weighted by atomic mass is 16.6. The lowest BCUT2D eigenvalue weighted by molar-refractivity contribution is -0.385. The van der Waals surface area contributed by atoms with Crippen molar-refractivity contribution >= 4 is 40.8 Å². The van der Waals surface area contributed by atoms with E-state index in [4.69, 9.17) is 4.74 Å². The Labute approximate surface area is 217 Å². The molecular weight excluding hydrogens is 490 g/mol. The fraction of sp³-hybridized carbons (Fsp3) is 0.214. The molecule has 1 fully saturated rings. The number of ether oxygens (including phenoxy) is 1. The van der Waals surface area contributed by atoms with Gasteiger partial charge in [0.1, 0.15) is 11.3 Å². The summed E-state index contributed by atoms with van der Waals surface area (Å²) in [6.45, 7) is 3.84. The predicted octanol–water partition coefficient (Wildman–Crippen LogP) is 4.22. The summed E-state index contributed by atoms with van der Waals surface area (Å²) >= 11 is 0. The van der Waals surface area contributed by atoms with Gasteiger partial charge in [0.05, 0.1) is 22.1 Å². The molecule has 0 saturated carbocycles. The van der Waals surface area contributed by atoms with Crippen molar-refractivity contribution in [2.24, 2.45) is 5.92 Å². The Hall–Kier alpha value is -4.86. The Morgan fingerprint density at radius 2 is 1.79 bits per heavy atom. The van der Waals surface area contributed by atoms with Gasteiger partial charge in [0.2, 0.25) is 5.91 Å². The minimum absolute atomic E-state index is 0.0295. The fourth-order valence-electron chi connectivity index (χ4n) is 4.95. The third-order valence-corrected chi connectivity index (χ3v) is 6.84. The molecule has 192 valence electrons. The maximum Gasteiger partial charge on any atom is 0.316 e. The van der Waals surface area contributed by atoms with E-state index in [2.05, 4.69) is 0 Å². The second-order valence-corrected chi connectivity index (χ2v) is 9.16. The number of nitrogens with zero attached hydrogens (tertiary/aromatic N) is 3. The first-order valence-corrected chi connectivity index (χ1v) is 12.1. The van der Waals surface area contributed by atoms with Gasteiger partial charge in [-0.3, -0.25) is 29.3 Å². The van der Waals surface area contributed by atoms with Gasteiger partial charge in [-0.15, -0.1) is 0 Å². The van der Waals surface area contributed by atoms with E-state index in [1.807, 2.05) is 31.2 Å². The molecule has 3 amide bonds. The summed E-state index contributed by atoms with van der Waals surface area (Å²) in [6.07, 6.45) is 0.781. The number of rotatable bonds is 6. The first-order chi connectivity index (χ1) is 18.2. The molecule has 38 heavy (non-hydrogen) atoms. The third-order valence-electron chi connectivity index (χ3n) is 6.84. The van der Waals surface area contributed by atoms with Crippen LogP contribution in [0.5, 0.6) is 5.75 Å². The molecular formula is C28H23N3O7. The average Bonchev–Trinajstić information content (AvgIpc) is 3.41. The molecule has 1 saturated heterocycles. The third kappa shape index (κ3) is 4.09. The molecule has 0 spiro atoms. The van der Waals surface area contributed by atoms with Crippen LogP contribution in [0.25, 0.3) is 0 Å². The molecule has 0 unspecified atom stereocenters. The lowest BCUT2D eigenvalue weighted by Crippen LogP contribution is -2.30. The zero-order chi connectivity index (χ0) is 27.1. The van der Waals surface area contributed by atoms with Gasteiger partial charge in [0.15, 0.2) is 0 Å². The molecule has 2 heterocycles. The number of hydrogen-bond acceptors (Lipinski definition) is 7. The Morgan fingerprint density at radius 1 is 1.03 bits per heavy atom. The molecule has 0 aliphatic carbocycles. The number of imide groups is 1. The highest BCUT2D eigenvalue weighted by Gasteiger charge is 2.42. The van der Waals surface area contributed by atoms with Crippen LogP contribution in [0, 0.1) is 23.0 Å². The molecule has 3 aromatic carbocycles. The number of para-hydroxylation sites is 1. The van der Waals surface area contributed by atoms with Crippen LogP contribution >= 0.6 is 0 Å². The van der Waals surface area contributed by atoms with Gasteiger partial charge < -0.3 is 9.64 Å². The number of aryl methyl sites for hydroxylation is 2. The lowest BCUT2D eigenvalue weighted by atomic mass is 10.1. The first kappa shape index (κ1) is 24.8. The van der Waals surface area contributed by atoms with Crippen molar-refractivity contribution in [1.29, 1.82) is 0 Å². The Kier molecular flexibility index (Phi) is 6.23. The van der Waals surface area contributed by atoms with Crippen molar-refractivity contribution in [3.05, 3.63) is 93.0 Å². The SMILES string of the molecule is CCc1ccccc1N1C[C@@H](C(=O)Oc2ccc(N3C(=O)c4cccc([N+](=O)[O-])c4C3=O)c(C)c2)CC1=O. The molecule has 2 aliphatic rings. The monoisotopic (exact) mass is 513 g/mol. The molecule has 0 aromatic heterocycles. The molecule has 0 bridgehead atoms. The van der Waals surface area contributed by atoms with Gasteiger partial charge >= 0.3 is 5.97 Å². The number of esters is 1. The number of fused-ring (bicyclic) bond motifs is 1. The van der Waals surface area contributed by atoms with E-state index >= 15 is 0 Å². The Bertz CT molecular complexity index is 1530. The van der Waals surface area contributed by atoms with E-state index in [-0.39, 0.29) is 41.4 Å². The minimum Gasteiger partial charge on any atom is -0.426 e. The molecule has 10 nitrogen and oxygen atoms in total. The minimum atomic E-state index is -0.790. The zero-order valence-electron chi connectivity index (χ0n) is 20.7. The molecule has 5 rings (SSSR count). The van der Waals surface area contributed by atoms with Gasteiger partial charge in [0.25, 0.3) is 17.5 Å². The molecule has 3 aromatic rings. The van der Waals surface area contributed by atoms with Crippen LogP contribution in [-0.4, -0.2) is 35.2 Å². The van der Waals surface area contributed by atoms with Gasteiger partial charge in [-0.05, 0) is 54.8 Å². The second-order valence-electron chi connectivity index (χ2n) is 9.16. The van der Waals surface area contributed by atoms with Gasteiger partial charge in [-0.25, -0.2) is 4.90 Å². The van der Waals surface area contributed by atoms with E-state index in [1.54, 1.807) is 11.8 Å². The number of carbonyl (C=O) groups excluding carboxylic acids is 4. The number of anilines is 2. The number of hydrogen-bond donors (Lipinski definition) is 0. The van der Waals surface area contributed by atoms with E-state index < -0.39 is 34.3 Å². The van der Waals surface area contributed by atoms with E-state index in [9.17, 15) is 29.3 Å². The smallest absolute Gasteiger partial charge is 0.316 e. The van der Waals surface area contributed by atoms with Crippen LogP contribution < -0.4 is 14.5 Å². The van der Waals surface area contributed by atoms with Crippen molar-refractivity contribution in [2.75, 3.05) is 16.3 Å². The van der Waals surface area contributed by atoms with Crippen LogP contribution in [0.4, 0.5) is 17.1 Å². The summed E-state index contributed by atoms with van der Waals surface area (Å²) in [5.74, 6) is -2.62. The number of nitro benzene ring substituents is 1. The van der Waals surface area contributed by atoms with Crippen LogP contribution in [-0.2, 0) is 16.0 Å². The standard InChI is InChI=1S/C28H23N3O7/c1-3-17-7-4-5-9-22(17)29-15-18(14-24(29)32)28(35)38-19-11-12-21(16(2)13-19)30-26(33)20-8-6-10-23(31(36)37)25(20)27(30)34/h4-13,18H,3,14-15H2,1-2H3/t18-/m0/s1. The van der Waals surface area contributed by atoms with Crippen LogP contribution in [0.2, 0.25) is 0 Å². The van der Waals surface area contributed by atoms with E-state index in [1.165, 1.54) is 36.4 Å². The highest BCUT2D eigenvalue weighted by molar-refractivity contribution is 6.35. The van der Waals surface area contributed by atoms with Crippen LogP contribution in [0.1, 0.15) is 45.2 Å². The Morgan fingerprint density at radius 3 is 2.50 bits per heavy atom. The highest BCUT2D eigenvalue weighted by Crippen LogP contribution is 2.36. The summed E-state index contributed by atoms with van der Waals surface area (Å²) in [7, 11) is 0. The summed E-state index contributed by atoms with van der Waals surface area (Å²) in [4.78, 5) is 64.8. The summed E-state index contributed by atoms with van der Waals surface area (Å²) in [5.41, 5.74) is 1.75. The van der Waals surface area contributed by atoms with Crippen molar-refractivity contribution in [3.8, 4) is 5.75 Å². The van der Waals surface area contributed by atoms with Gasteiger partial charge in [-0.1, -0.05) is 31.2 Å². The predicted molar refractivity (Wildman–Crippen MR) is 137 cm³/mol. The number of nitro groups is 1. The topological polar surface area (TPSA) is 127 Å². The van der Waals surface area contributed by atoms with Crippen LogP contribution in [0.15, 0.2) is 60.7 Å². The maximum absolute atomic E-state index is 13.0. The van der Waals surface area contributed by atoms with Gasteiger partial charge in [0, 0.05) is 24.7 Å². The van der Waals surface area contributed by atoms with E-state index in [0.717, 1.165) is 22.6 Å². The van der Waals surface area contributed by atoms with Crippen LogP contribution in [0.3, 0.4) is 0 Å². The summed E-state index contributed by atoms with van der Waals surface area (Å²) in [6, 6.07) is 15.9. The fourth-order valence-corrected chi connectivity index (χ4v) is 4.95. The normalized spacial score (nSPS) is 16.7. The van der Waals surface area contributed by atoms with Crippen molar-refractivity contribution in [3.63, 3.8) is 0 Å². The molecule has 2 aliphatic heterocycles. The molecule has 0 N–H and O–H groups in total. The maximum atomic E-state index is 13.0. The van der Waals surface area contributed by atoms with Crippen molar-refractivity contribution < 1.29 is 28.8 Å². The molecule has 1 atom stereocenters. The first-order valence-electron chi connectivity index (χ1n) is 12.1. The van der Waals surface area contributed by atoms with Gasteiger partial charge in [-0.2, -0.15) is 0 Å². The number of benzene rings is 3. The van der Waals surface area contributed by atoms with Crippen molar-refractivity contribution in [2.45, 2.75) is 26.7 Å². The Balaban J connectivity index is 1.33. The quantitative estimate of drug-likeness (QED) is 0.159. The number of carbonyl (C=O) groups is 4. The molecule has 0 radical (unpaired) electrons. The zero-order valence-corrected chi connectivity index (χ0v) is 20.7. The summed E-state index contributed by atoms with van der Waals surface area (Å²) < 4.78 is 5.56. The molecule has 10 heteroatoms. The summed E-state index contributed by atoms with van der Waals surface area (Å²) in [5, 5.41) is 11.4. The average molecular weight is 514 g/mol. The number of amides is 3.